The van der Waals surface area contributed by atoms with Crippen LogP contribution in [0.15, 0.2) is 30.3 Å². The summed E-state index contributed by atoms with van der Waals surface area (Å²) in [6.45, 7) is 0. The zero-order chi connectivity index (χ0) is 13.8. The van der Waals surface area contributed by atoms with Crippen LogP contribution in [-0.4, -0.2) is 16.1 Å². The normalized spacial score (nSPS) is 10.1. The van der Waals surface area contributed by atoms with Crippen LogP contribution in [-0.2, 0) is 0 Å². The second-order valence-corrected chi connectivity index (χ2v) is 3.93. The highest BCUT2D eigenvalue weighted by molar-refractivity contribution is 6.33. The van der Waals surface area contributed by atoms with E-state index in [-0.39, 0.29) is 16.4 Å². The summed E-state index contributed by atoms with van der Waals surface area (Å²) in [5.74, 6) is 4.46. The zero-order valence-corrected chi connectivity index (χ0v) is 10.3. The van der Waals surface area contributed by atoms with E-state index in [1.54, 1.807) is 0 Å². The lowest BCUT2D eigenvalue weighted by Crippen LogP contribution is -2.16. The van der Waals surface area contributed by atoms with Crippen molar-refractivity contribution in [3.05, 3.63) is 46.9 Å². The van der Waals surface area contributed by atoms with Gasteiger partial charge in [-0.3, -0.25) is 4.79 Å². The molecule has 1 aromatic carbocycles. The number of hydrogen-bond acceptors (Lipinski definition) is 5. The predicted octanol–water partition coefficient (Wildman–Crippen LogP) is 1.81. The van der Waals surface area contributed by atoms with E-state index in [0.29, 0.717) is 5.82 Å². The molecule has 0 atom stereocenters. The molecule has 2 rings (SSSR count). The van der Waals surface area contributed by atoms with Gasteiger partial charge in [-0.15, -0.1) is 10.2 Å². The van der Waals surface area contributed by atoms with Gasteiger partial charge in [0.05, 0.1) is 10.7 Å². The van der Waals surface area contributed by atoms with Crippen LogP contribution >= 0.6 is 11.6 Å². The Balaban J connectivity index is 2.15. The molecule has 8 heteroatoms. The Morgan fingerprint density at radius 2 is 2.05 bits per heavy atom. The predicted molar refractivity (Wildman–Crippen MR) is 69.2 cm³/mol. The number of carbonyl (C=O) groups excluding carboxylic acids is 1. The van der Waals surface area contributed by atoms with Crippen LogP contribution < -0.4 is 16.6 Å². The van der Waals surface area contributed by atoms with Crippen LogP contribution in [0.2, 0.25) is 5.02 Å². The van der Waals surface area contributed by atoms with E-state index in [1.807, 2.05) is 0 Å². The molecule has 0 fully saturated rings. The summed E-state index contributed by atoms with van der Waals surface area (Å²) < 4.78 is 12.9. The molecule has 0 bridgehead atoms. The third-order valence-corrected chi connectivity index (χ3v) is 2.54. The van der Waals surface area contributed by atoms with Crippen LogP contribution in [0.4, 0.5) is 15.9 Å². The van der Waals surface area contributed by atoms with Crippen LogP contribution in [0.3, 0.4) is 0 Å². The number of amides is 1. The first-order valence-corrected chi connectivity index (χ1v) is 5.54. The first kappa shape index (κ1) is 13.2. The van der Waals surface area contributed by atoms with Crippen molar-refractivity contribution in [2.24, 2.45) is 5.84 Å². The minimum Gasteiger partial charge on any atom is -0.319 e. The fraction of sp³-hybridized carbons (Fsp3) is 0. The summed E-state index contributed by atoms with van der Waals surface area (Å²) in [7, 11) is 0. The second-order valence-electron chi connectivity index (χ2n) is 3.53. The third kappa shape index (κ3) is 3.15. The van der Waals surface area contributed by atoms with Crippen molar-refractivity contribution >= 4 is 29.0 Å². The van der Waals surface area contributed by atoms with Gasteiger partial charge >= 0.3 is 0 Å². The lowest BCUT2D eigenvalue weighted by atomic mass is 10.3. The minimum atomic E-state index is -0.510. The maximum atomic E-state index is 12.9. The Labute approximate surface area is 112 Å². The van der Waals surface area contributed by atoms with Gasteiger partial charge in [0.1, 0.15) is 5.82 Å². The lowest BCUT2D eigenvalue weighted by Gasteiger charge is -2.06. The fourth-order valence-corrected chi connectivity index (χ4v) is 1.52. The Morgan fingerprint density at radius 3 is 2.63 bits per heavy atom. The van der Waals surface area contributed by atoms with Crippen LogP contribution in [0.5, 0.6) is 0 Å². The van der Waals surface area contributed by atoms with Gasteiger partial charge in [-0.05, 0) is 30.3 Å². The smallest absolute Gasteiger partial charge is 0.276 e. The average Bonchev–Trinajstić information content (AvgIpc) is 2.42. The van der Waals surface area contributed by atoms with Gasteiger partial charge in [-0.25, -0.2) is 10.2 Å². The second kappa shape index (κ2) is 5.59. The molecule has 0 aliphatic heterocycles. The number of benzene rings is 1. The average molecular weight is 282 g/mol. The van der Waals surface area contributed by atoms with E-state index in [4.69, 9.17) is 17.4 Å². The van der Waals surface area contributed by atoms with Gasteiger partial charge in [-0.1, -0.05) is 11.6 Å². The Hall–Kier alpha value is -2.25. The van der Waals surface area contributed by atoms with Gasteiger partial charge in [0.25, 0.3) is 5.91 Å². The molecule has 0 saturated heterocycles. The molecule has 98 valence electrons. The van der Waals surface area contributed by atoms with Gasteiger partial charge in [-0.2, -0.15) is 0 Å². The van der Waals surface area contributed by atoms with Crippen molar-refractivity contribution in [1.82, 2.24) is 10.2 Å². The fourth-order valence-electron chi connectivity index (χ4n) is 1.31. The van der Waals surface area contributed by atoms with Crippen molar-refractivity contribution in [3.63, 3.8) is 0 Å². The Bertz CT molecular complexity index is 605. The van der Waals surface area contributed by atoms with Gasteiger partial charge < -0.3 is 10.7 Å². The summed E-state index contributed by atoms with van der Waals surface area (Å²) in [6, 6.07) is 6.58. The number of carbonyl (C=O) groups is 1. The van der Waals surface area contributed by atoms with E-state index in [9.17, 15) is 9.18 Å². The number of nitrogen functional groups attached to an aromatic ring is 1. The number of hydrazine groups is 1. The molecule has 0 radical (unpaired) electrons. The molecule has 19 heavy (non-hydrogen) atoms. The van der Waals surface area contributed by atoms with E-state index >= 15 is 0 Å². The van der Waals surface area contributed by atoms with Crippen molar-refractivity contribution in [3.8, 4) is 0 Å². The molecule has 0 saturated carbocycles. The molecular weight excluding hydrogens is 273 g/mol. The number of nitrogens with one attached hydrogen (secondary N) is 2. The molecular formula is C11H9ClFN5O. The molecule has 6 nitrogen and oxygen atoms in total. The molecule has 4 N–H and O–H groups in total. The summed E-state index contributed by atoms with van der Waals surface area (Å²) in [4.78, 5) is 11.8. The quantitative estimate of drug-likeness (QED) is 0.589. The number of rotatable bonds is 3. The molecule has 0 spiro atoms. The van der Waals surface area contributed by atoms with Gasteiger partial charge in [0, 0.05) is 0 Å². The van der Waals surface area contributed by atoms with E-state index in [1.165, 1.54) is 24.3 Å². The summed E-state index contributed by atoms with van der Waals surface area (Å²) in [5, 5.41) is 9.93. The van der Waals surface area contributed by atoms with Gasteiger partial charge in [0.2, 0.25) is 0 Å². The van der Waals surface area contributed by atoms with Crippen molar-refractivity contribution in [1.29, 1.82) is 0 Å². The Kier molecular flexibility index (Phi) is 3.88. The first-order chi connectivity index (χ1) is 9.10. The molecule has 1 heterocycles. The lowest BCUT2D eigenvalue weighted by molar-refractivity contribution is 0.102. The van der Waals surface area contributed by atoms with E-state index < -0.39 is 11.7 Å². The van der Waals surface area contributed by atoms with Crippen LogP contribution in [0.25, 0.3) is 0 Å². The molecule has 0 aliphatic carbocycles. The van der Waals surface area contributed by atoms with Gasteiger partial charge in [0.15, 0.2) is 11.5 Å². The number of halogens is 2. The number of aromatic nitrogens is 2. The number of nitrogens with two attached hydrogens (primary N) is 1. The maximum Gasteiger partial charge on any atom is 0.276 e. The minimum absolute atomic E-state index is 0.0828. The molecule has 1 aromatic heterocycles. The number of hydrogen-bond donors (Lipinski definition) is 3. The number of anilines is 2. The highest BCUT2D eigenvalue weighted by atomic mass is 35.5. The largest absolute Gasteiger partial charge is 0.319 e. The molecule has 1 amide bonds. The van der Waals surface area contributed by atoms with E-state index in [2.05, 4.69) is 20.9 Å². The Morgan fingerprint density at radius 1 is 1.26 bits per heavy atom. The standard InChI is InChI=1S/C11H9ClFN5O/c12-7-5-6(13)1-2-8(7)15-11(19)9-3-4-10(16-14)18-17-9/h1-5H,14H2,(H,15,19)(H,16,18). The zero-order valence-electron chi connectivity index (χ0n) is 9.52. The molecule has 2 aromatic rings. The highest BCUT2D eigenvalue weighted by Gasteiger charge is 2.11. The van der Waals surface area contributed by atoms with Crippen LogP contribution in [0.1, 0.15) is 10.5 Å². The topological polar surface area (TPSA) is 92.9 Å². The van der Waals surface area contributed by atoms with Crippen molar-refractivity contribution < 1.29 is 9.18 Å². The summed E-state index contributed by atoms with van der Waals surface area (Å²) in [5.41, 5.74) is 2.66. The van der Waals surface area contributed by atoms with Crippen molar-refractivity contribution in [2.75, 3.05) is 10.7 Å². The molecule has 0 unspecified atom stereocenters. The monoisotopic (exact) mass is 281 g/mol. The van der Waals surface area contributed by atoms with Crippen molar-refractivity contribution in [2.45, 2.75) is 0 Å². The first-order valence-electron chi connectivity index (χ1n) is 5.17. The maximum absolute atomic E-state index is 12.9. The summed E-state index contributed by atoms with van der Waals surface area (Å²) in [6.07, 6.45) is 0. The number of nitrogens with zero attached hydrogens (tertiary/aromatic N) is 2. The van der Waals surface area contributed by atoms with E-state index in [0.717, 1.165) is 6.07 Å². The summed E-state index contributed by atoms with van der Waals surface area (Å²) >= 11 is 5.79. The highest BCUT2D eigenvalue weighted by Crippen LogP contribution is 2.22. The third-order valence-electron chi connectivity index (χ3n) is 2.22. The molecule has 0 aliphatic rings. The van der Waals surface area contributed by atoms with Crippen LogP contribution in [0, 0.1) is 5.82 Å². The SMILES string of the molecule is NNc1ccc(C(=O)Nc2ccc(F)cc2Cl)nn1.